The van der Waals surface area contributed by atoms with Crippen LogP contribution in [0.15, 0.2) is 30.3 Å². The molecular weight excluding hydrogens is 336 g/mol. The Morgan fingerprint density at radius 2 is 2.07 bits per heavy atom. The highest BCUT2D eigenvalue weighted by Gasteiger charge is 2.32. The zero-order valence-corrected chi connectivity index (χ0v) is 16.3. The van der Waals surface area contributed by atoms with Gasteiger partial charge in [-0.2, -0.15) is 0 Å². The van der Waals surface area contributed by atoms with Crippen LogP contribution in [0.25, 0.3) is 11.3 Å². The van der Waals surface area contributed by atoms with Crippen LogP contribution in [0.5, 0.6) is 0 Å². The molecule has 2 fully saturated rings. The summed E-state index contributed by atoms with van der Waals surface area (Å²) in [6, 6.07) is 10.5. The lowest BCUT2D eigenvalue weighted by Gasteiger charge is -2.37. The van der Waals surface area contributed by atoms with Crippen LogP contribution in [0.3, 0.4) is 0 Å². The number of nitrogens with zero attached hydrogens (tertiary/aromatic N) is 4. The molecule has 5 heteroatoms. The average molecular weight is 364 g/mol. The van der Waals surface area contributed by atoms with Crippen LogP contribution in [-0.2, 0) is 6.42 Å². The van der Waals surface area contributed by atoms with Crippen LogP contribution >= 0.6 is 0 Å². The van der Waals surface area contributed by atoms with E-state index in [4.69, 9.17) is 0 Å². The molecule has 4 rings (SSSR count). The molecule has 2 aliphatic heterocycles. The molecule has 142 valence electrons. The Labute approximate surface area is 161 Å². The van der Waals surface area contributed by atoms with Crippen molar-refractivity contribution in [2.45, 2.75) is 45.6 Å². The molecule has 0 saturated carbocycles. The van der Waals surface area contributed by atoms with Crippen molar-refractivity contribution in [2.24, 2.45) is 0 Å². The first-order valence-electron chi connectivity index (χ1n) is 10.1. The fourth-order valence-corrected chi connectivity index (χ4v) is 4.33. The van der Waals surface area contributed by atoms with E-state index in [9.17, 15) is 4.79 Å². The zero-order valence-electron chi connectivity index (χ0n) is 16.3. The van der Waals surface area contributed by atoms with Gasteiger partial charge in [-0.3, -0.25) is 9.69 Å². The molecule has 0 bridgehead atoms. The molecule has 2 aliphatic rings. The number of carbonyl (C=O) groups excluding carboxylic acids is 1. The van der Waals surface area contributed by atoms with Gasteiger partial charge in [0.1, 0.15) is 5.82 Å². The van der Waals surface area contributed by atoms with E-state index in [1.807, 2.05) is 36.1 Å². The second-order valence-corrected chi connectivity index (χ2v) is 7.71. The van der Waals surface area contributed by atoms with Crippen molar-refractivity contribution in [3.8, 4) is 11.3 Å². The summed E-state index contributed by atoms with van der Waals surface area (Å²) in [5, 5.41) is 0. The number of hydrogen-bond acceptors (Lipinski definition) is 4. The van der Waals surface area contributed by atoms with Gasteiger partial charge in [0.15, 0.2) is 0 Å². The Bertz CT molecular complexity index is 835. The number of rotatable bonds is 4. The minimum absolute atomic E-state index is 0.142. The normalized spacial score (nSPS) is 19.9. The summed E-state index contributed by atoms with van der Waals surface area (Å²) in [5.74, 6) is 0.924. The maximum atomic E-state index is 13.1. The molecule has 0 spiro atoms. The largest absolute Gasteiger partial charge is 0.336 e. The number of amides is 1. The summed E-state index contributed by atoms with van der Waals surface area (Å²) >= 11 is 0. The van der Waals surface area contributed by atoms with E-state index in [0.29, 0.717) is 6.04 Å². The minimum Gasteiger partial charge on any atom is -0.336 e. The van der Waals surface area contributed by atoms with Crippen LogP contribution in [0.1, 0.15) is 48.1 Å². The third-order valence-corrected chi connectivity index (χ3v) is 5.68. The van der Waals surface area contributed by atoms with Crippen LogP contribution in [0.4, 0.5) is 0 Å². The Balaban J connectivity index is 1.56. The second-order valence-electron chi connectivity index (χ2n) is 7.71. The van der Waals surface area contributed by atoms with Gasteiger partial charge in [0, 0.05) is 42.5 Å². The summed E-state index contributed by atoms with van der Waals surface area (Å²) in [6.45, 7) is 7.96. The fraction of sp³-hybridized carbons (Fsp3) is 0.500. The number of aryl methyl sites for hydroxylation is 2. The third kappa shape index (κ3) is 3.88. The Kier molecular flexibility index (Phi) is 5.21. The smallest absolute Gasteiger partial charge is 0.253 e. The molecule has 1 atom stereocenters. The lowest BCUT2D eigenvalue weighted by atomic mass is 10.0. The number of fused-ring (bicyclic) bond motifs is 1. The number of piperazine rings is 1. The van der Waals surface area contributed by atoms with Crippen LogP contribution < -0.4 is 0 Å². The average Bonchev–Trinajstić information content (AvgIpc) is 3.15. The lowest BCUT2D eigenvalue weighted by molar-refractivity contribution is 0.0571. The summed E-state index contributed by atoms with van der Waals surface area (Å²) in [5.41, 5.74) is 3.71. The topological polar surface area (TPSA) is 49.3 Å². The maximum Gasteiger partial charge on any atom is 0.253 e. The Hall–Kier alpha value is -2.27. The SMILES string of the molecule is CCCc1cc(-c2cccc(C(=O)N3CCN4CCCC4C3)c2)nc(C)n1. The molecule has 0 N–H and O–H groups in total. The van der Waals surface area contributed by atoms with Crippen molar-refractivity contribution >= 4 is 5.91 Å². The van der Waals surface area contributed by atoms with E-state index in [-0.39, 0.29) is 5.91 Å². The van der Waals surface area contributed by atoms with E-state index < -0.39 is 0 Å². The van der Waals surface area contributed by atoms with E-state index in [1.165, 1.54) is 19.4 Å². The van der Waals surface area contributed by atoms with E-state index >= 15 is 0 Å². The van der Waals surface area contributed by atoms with Gasteiger partial charge >= 0.3 is 0 Å². The highest BCUT2D eigenvalue weighted by Crippen LogP contribution is 2.24. The summed E-state index contributed by atoms with van der Waals surface area (Å²) in [6.07, 6.45) is 4.47. The molecule has 0 aliphatic carbocycles. The van der Waals surface area contributed by atoms with Crippen LogP contribution in [0, 0.1) is 6.92 Å². The predicted octanol–water partition coefficient (Wildman–Crippen LogP) is 3.32. The standard InChI is InChI=1S/C22H28N4O/c1-3-6-19-14-21(24-16(2)23-19)17-7-4-8-18(13-17)22(27)26-12-11-25-10-5-9-20(25)15-26/h4,7-8,13-14,20H,3,5-6,9-12,15H2,1-2H3. The van der Waals surface area contributed by atoms with Crippen molar-refractivity contribution in [2.75, 3.05) is 26.2 Å². The first-order valence-corrected chi connectivity index (χ1v) is 10.1. The Morgan fingerprint density at radius 1 is 1.19 bits per heavy atom. The van der Waals surface area contributed by atoms with Gasteiger partial charge in [0.2, 0.25) is 0 Å². The first kappa shape index (κ1) is 18.1. The number of benzene rings is 1. The van der Waals surface area contributed by atoms with Crippen LogP contribution in [-0.4, -0.2) is 57.9 Å². The van der Waals surface area contributed by atoms with Gasteiger partial charge in [-0.25, -0.2) is 9.97 Å². The summed E-state index contributed by atoms with van der Waals surface area (Å²) in [7, 11) is 0. The quantitative estimate of drug-likeness (QED) is 0.835. The molecule has 27 heavy (non-hydrogen) atoms. The zero-order chi connectivity index (χ0) is 18.8. The lowest BCUT2D eigenvalue weighted by Crippen LogP contribution is -2.52. The van der Waals surface area contributed by atoms with Gasteiger partial charge < -0.3 is 4.90 Å². The van der Waals surface area contributed by atoms with Crippen LogP contribution in [0.2, 0.25) is 0 Å². The van der Waals surface area contributed by atoms with Gasteiger partial charge in [0.25, 0.3) is 5.91 Å². The Morgan fingerprint density at radius 3 is 2.93 bits per heavy atom. The van der Waals surface area contributed by atoms with Crippen molar-refractivity contribution in [1.82, 2.24) is 19.8 Å². The van der Waals surface area contributed by atoms with Crippen molar-refractivity contribution in [3.63, 3.8) is 0 Å². The molecule has 0 radical (unpaired) electrons. The fourth-order valence-electron chi connectivity index (χ4n) is 4.33. The second kappa shape index (κ2) is 7.77. The van der Waals surface area contributed by atoms with Crippen molar-refractivity contribution < 1.29 is 4.79 Å². The van der Waals surface area contributed by atoms with E-state index in [2.05, 4.69) is 27.9 Å². The number of carbonyl (C=O) groups is 1. The van der Waals surface area contributed by atoms with E-state index in [0.717, 1.165) is 60.8 Å². The first-order chi connectivity index (χ1) is 13.1. The van der Waals surface area contributed by atoms with E-state index in [1.54, 1.807) is 0 Å². The number of aromatic nitrogens is 2. The minimum atomic E-state index is 0.142. The predicted molar refractivity (Wildman–Crippen MR) is 107 cm³/mol. The highest BCUT2D eigenvalue weighted by molar-refractivity contribution is 5.95. The van der Waals surface area contributed by atoms with Crippen molar-refractivity contribution in [1.29, 1.82) is 0 Å². The molecule has 1 aromatic carbocycles. The van der Waals surface area contributed by atoms with Gasteiger partial charge in [-0.15, -0.1) is 0 Å². The molecule has 3 heterocycles. The third-order valence-electron chi connectivity index (χ3n) is 5.68. The molecule has 1 amide bonds. The molecule has 2 aromatic rings. The van der Waals surface area contributed by atoms with Gasteiger partial charge in [-0.05, 0) is 50.9 Å². The highest BCUT2D eigenvalue weighted by atomic mass is 16.2. The van der Waals surface area contributed by atoms with Crippen molar-refractivity contribution in [3.05, 3.63) is 47.4 Å². The molecular formula is C22H28N4O. The maximum absolute atomic E-state index is 13.1. The molecule has 1 aromatic heterocycles. The van der Waals surface area contributed by atoms with Gasteiger partial charge in [-0.1, -0.05) is 25.5 Å². The molecule has 5 nitrogen and oxygen atoms in total. The summed E-state index contributed by atoms with van der Waals surface area (Å²) in [4.78, 5) is 26.8. The number of hydrogen-bond donors (Lipinski definition) is 0. The molecule has 2 saturated heterocycles. The summed E-state index contributed by atoms with van der Waals surface area (Å²) < 4.78 is 0. The monoisotopic (exact) mass is 364 g/mol. The van der Waals surface area contributed by atoms with Gasteiger partial charge in [0.05, 0.1) is 5.69 Å². The molecule has 1 unspecified atom stereocenters.